The van der Waals surface area contributed by atoms with Gasteiger partial charge >= 0.3 is 0 Å². The molecule has 1 aromatic carbocycles. The van der Waals surface area contributed by atoms with Gasteiger partial charge < -0.3 is 4.42 Å². The van der Waals surface area contributed by atoms with E-state index in [1.165, 1.54) is 0 Å². The molecule has 0 fully saturated rings. The van der Waals surface area contributed by atoms with E-state index in [-0.39, 0.29) is 11.4 Å². The van der Waals surface area contributed by atoms with Crippen LogP contribution in [0.5, 0.6) is 0 Å². The summed E-state index contributed by atoms with van der Waals surface area (Å²) in [5.41, 5.74) is 2.67. The van der Waals surface area contributed by atoms with Crippen molar-refractivity contribution in [2.75, 3.05) is 0 Å². The molecule has 0 atom stereocenters. The molecule has 2 aromatic heterocycles. The summed E-state index contributed by atoms with van der Waals surface area (Å²) in [6.07, 6.45) is 5.78. The van der Waals surface area contributed by atoms with Crippen LogP contribution in [0.25, 0.3) is 11.3 Å². The van der Waals surface area contributed by atoms with Gasteiger partial charge in [-0.05, 0) is 47.9 Å². The van der Waals surface area contributed by atoms with Crippen molar-refractivity contribution in [1.82, 2.24) is 9.71 Å². The van der Waals surface area contributed by atoms with Crippen molar-refractivity contribution in [3.8, 4) is 11.3 Å². The van der Waals surface area contributed by atoms with Crippen LogP contribution in [0.2, 0.25) is 0 Å². The Balaban J connectivity index is 1.73. The zero-order valence-electron chi connectivity index (χ0n) is 13.3. The van der Waals surface area contributed by atoms with Crippen LogP contribution in [0.4, 0.5) is 0 Å². The molecule has 5 nitrogen and oxygen atoms in total. The van der Waals surface area contributed by atoms with E-state index in [9.17, 15) is 8.42 Å². The molecule has 0 spiro atoms. The number of benzene rings is 1. The zero-order valence-corrected chi connectivity index (χ0v) is 14.1. The lowest BCUT2D eigenvalue weighted by molar-refractivity contribution is 0.580. The van der Waals surface area contributed by atoms with Crippen LogP contribution in [-0.4, -0.2) is 13.4 Å². The predicted molar refractivity (Wildman–Crippen MR) is 91.8 cm³/mol. The maximum absolute atomic E-state index is 12.4. The third-order valence-electron chi connectivity index (χ3n) is 3.71. The molecule has 6 heteroatoms. The molecular weight excluding hydrogens is 324 g/mol. The van der Waals surface area contributed by atoms with Gasteiger partial charge in [-0.1, -0.05) is 19.1 Å². The first-order valence-corrected chi connectivity index (χ1v) is 9.13. The Kier molecular flexibility index (Phi) is 4.78. The number of pyridine rings is 1. The lowest BCUT2D eigenvalue weighted by atomic mass is 10.2. The molecule has 0 aliphatic rings. The van der Waals surface area contributed by atoms with Gasteiger partial charge in [-0.2, -0.15) is 0 Å². The molecule has 0 saturated heterocycles. The fraction of sp³-hybridized carbons (Fsp3) is 0.167. The number of nitrogens with one attached hydrogen (secondary N) is 1. The van der Waals surface area contributed by atoms with Gasteiger partial charge in [0.05, 0.1) is 11.2 Å². The summed E-state index contributed by atoms with van der Waals surface area (Å²) in [5.74, 6) is 0.697. The monoisotopic (exact) mass is 342 g/mol. The first kappa shape index (κ1) is 16.4. The highest BCUT2D eigenvalue weighted by atomic mass is 32.2. The summed E-state index contributed by atoms with van der Waals surface area (Å²) in [7, 11) is -3.55. The average Bonchev–Trinajstić information content (AvgIpc) is 3.15. The second-order valence-electron chi connectivity index (χ2n) is 5.38. The number of hydrogen-bond donors (Lipinski definition) is 1. The van der Waals surface area contributed by atoms with Gasteiger partial charge in [-0.3, -0.25) is 4.98 Å². The molecule has 2 heterocycles. The van der Waals surface area contributed by atoms with Crippen molar-refractivity contribution in [3.05, 3.63) is 72.2 Å². The molecule has 3 rings (SSSR count). The second-order valence-corrected chi connectivity index (χ2v) is 7.15. The summed E-state index contributed by atoms with van der Waals surface area (Å²) in [6.45, 7) is 2.19. The summed E-state index contributed by atoms with van der Waals surface area (Å²) >= 11 is 0. The molecule has 1 N–H and O–H groups in total. The Bertz CT molecular complexity index is 902. The Morgan fingerprint density at radius 3 is 2.54 bits per heavy atom. The van der Waals surface area contributed by atoms with E-state index in [0.29, 0.717) is 5.76 Å². The van der Waals surface area contributed by atoms with E-state index in [0.717, 1.165) is 23.1 Å². The number of nitrogens with zero attached hydrogens (tertiary/aromatic N) is 1. The second kappa shape index (κ2) is 6.98. The molecule has 0 bridgehead atoms. The van der Waals surface area contributed by atoms with E-state index < -0.39 is 10.0 Å². The van der Waals surface area contributed by atoms with Crippen molar-refractivity contribution in [2.24, 2.45) is 0 Å². The number of rotatable bonds is 6. The lowest BCUT2D eigenvalue weighted by Crippen LogP contribution is -2.23. The third kappa shape index (κ3) is 3.72. The fourth-order valence-electron chi connectivity index (χ4n) is 2.33. The molecule has 3 aromatic rings. The summed E-state index contributed by atoms with van der Waals surface area (Å²) in [5, 5.41) is 0. The molecular formula is C18H18N2O3S. The van der Waals surface area contributed by atoms with Crippen molar-refractivity contribution in [3.63, 3.8) is 0 Å². The van der Waals surface area contributed by atoms with Crippen molar-refractivity contribution in [1.29, 1.82) is 0 Å². The minimum absolute atomic E-state index is 0.166. The Morgan fingerprint density at radius 1 is 1.08 bits per heavy atom. The van der Waals surface area contributed by atoms with Gasteiger partial charge in [0.1, 0.15) is 5.76 Å². The van der Waals surface area contributed by atoms with E-state index in [4.69, 9.17) is 4.42 Å². The smallest absolute Gasteiger partial charge is 0.240 e. The summed E-state index contributed by atoms with van der Waals surface area (Å²) < 4.78 is 32.7. The van der Waals surface area contributed by atoms with E-state index in [1.54, 1.807) is 36.9 Å². The average molecular weight is 342 g/mol. The Hall–Kier alpha value is -2.44. The number of aryl methyl sites for hydroxylation is 1. The van der Waals surface area contributed by atoms with Crippen LogP contribution in [-0.2, 0) is 23.0 Å². The lowest BCUT2D eigenvalue weighted by Gasteiger charge is -2.08. The van der Waals surface area contributed by atoms with E-state index >= 15 is 0 Å². The first-order valence-electron chi connectivity index (χ1n) is 7.65. The van der Waals surface area contributed by atoms with Crippen molar-refractivity contribution >= 4 is 10.0 Å². The zero-order chi connectivity index (χ0) is 17.0. The summed E-state index contributed by atoms with van der Waals surface area (Å²) in [6, 6.07) is 12.4. The minimum atomic E-state index is -3.55. The molecule has 124 valence electrons. The Morgan fingerprint density at radius 2 is 1.88 bits per heavy atom. The summed E-state index contributed by atoms with van der Waals surface area (Å²) in [4.78, 5) is 4.40. The van der Waals surface area contributed by atoms with Crippen LogP contribution in [0.3, 0.4) is 0 Å². The number of furan rings is 1. The molecule has 0 aliphatic heterocycles. The molecule has 0 amide bonds. The van der Waals surface area contributed by atoms with Gasteiger partial charge in [0.15, 0.2) is 0 Å². The topological polar surface area (TPSA) is 72.2 Å². The van der Waals surface area contributed by atoms with Crippen LogP contribution in [0, 0.1) is 0 Å². The fourth-order valence-corrected chi connectivity index (χ4v) is 3.35. The van der Waals surface area contributed by atoms with Gasteiger partial charge in [-0.25, -0.2) is 13.1 Å². The van der Waals surface area contributed by atoms with Crippen LogP contribution in [0.1, 0.15) is 18.1 Å². The van der Waals surface area contributed by atoms with Crippen molar-refractivity contribution < 1.29 is 12.8 Å². The molecule has 0 saturated carbocycles. The van der Waals surface area contributed by atoms with Crippen molar-refractivity contribution in [2.45, 2.75) is 24.8 Å². The van der Waals surface area contributed by atoms with Crippen LogP contribution < -0.4 is 4.72 Å². The third-order valence-corrected chi connectivity index (χ3v) is 5.13. The first-order chi connectivity index (χ1) is 11.6. The molecule has 0 aliphatic carbocycles. The highest BCUT2D eigenvalue weighted by molar-refractivity contribution is 7.89. The maximum atomic E-state index is 12.4. The number of sulfonamides is 1. The highest BCUT2D eigenvalue weighted by Gasteiger charge is 2.14. The van der Waals surface area contributed by atoms with Gasteiger partial charge in [0.2, 0.25) is 10.0 Å². The van der Waals surface area contributed by atoms with Gasteiger partial charge in [0.25, 0.3) is 0 Å². The number of aromatic nitrogens is 1. The van der Waals surface area contributed by atoms with Crippen LogP contribution >= 0.6 is 0 Å². The highest BCUT2D eigenvalue weighted by Crippen LogP contribution is 2.20. The standard InChI is InChI=1S/C18H18N2O3S/c1-2-14-5-7-17(8-6-14)24(21,22)20-12-15-10-16(13-19-11-15)18-4-3-9-23-18/h3-11,13,20H,2,12H2,1H3. The molecule has 0 unspecified atom stereocenters. The predicted octanol–water partition coefficient (Wildman–Crippen LogP) is 3.38. The quantitative estimate of drug-likeness (QED) is 0.745. The number of hydrogen-bond acceptors (Lipinski definition) is 4. The molecule has 0 radical (unpaired) electrons. The largest absolute Gasteiger partial charge is 0.464 e. The molecule has 24 heavy (non-hydrogen) atoms. The van der Waals surface area contributed by atoms with E-state index in [1.807, 2.05) is 31.2 Å². The van der Waals surface area contributed by atoms with Gasteiger partial charge in [0, 0.05) is 24.5 Å². The van der Waals surface area contributed by atoms with Crippen LogP contribution in [0.15, 0.2) is 70.4 Å². The maximum Gasteiger partial charge on any atom is 0.240 e. The normalized spacial score (nSPS) is 11.5. The Labute approximate surface area is 141 Å². The van der Waals surface area contributed by atoms with E-state index in [2.05, 4.69) is 9.71 Å². The SMILES string of the molecule is CCc1ccc(S(=O)(=O)NCc2cncc(-c3ccco3)c2)cc1. The van der Waals surface area contributed by atoms with Gasteiger partial charge in [-0.15, -0.1) is 0 Å². The minimum Gasteiger partial charge on any atom is -0.464 e.